The first-order chi connectivity index (χ1) is 16.2. The summed E-state index contributed by atoms with van der Waals surface area (Å²) in [7, 11) is -3.53. The summed E-state index contributed by atoms with van der Waals surface area (Å²) >= 11 is 0. The quantitative estimate of drug-likeness (QED) is 0.628. The Bertz CT molecular complexity index is 1170. The highest BCUT2D eigenvalue weighted by Crippen LogP contribution is 2.46. The zero-order valence-corrected chi connectivity index (χ0v) is 20.1. The number of carbonyl (C=O) groups is 2. The maximum atomic E-state index is 13.9. The molecule has 182 valence electrons. The summed E-state index contributed by atoms with van der Waals surface area (Å²) in [5, 5.41) is 0. The van der Waals surface area contributed by atoms with Crippen LogP contribution < -0.4 is 4.72 Å². The van der Waals surface area contributed by atoms with Crippen LogP contribution in [-0.4, -0.2) is 50.1 Å². The van der Waals surface area contributed by atoms with Crippen LogP contribution in [0.5, 0.6) is 0 Å². The number of ether oxygens (including phenoxy) is 1. The van der Waals surface area contributed by atoms with E-state index in [9.17, 15) is 22.4 Å². The molecule has 2 aromatic carbocycles. The average molecular weight is 489 g/mol. The van der Waals surface area contributed by atoms with Crippen LogP contribution in [-0.2, 0) is 19.6 Å². The van der Waals surface area contributed by atoms with Gasteiger partial charge in [0.05, 0.1) is 18.9 Å². The molecule has 1 N–H and O–H groups in total. The molecule has 4 atom stereocenters. The SMILES string of the molecule is CCOC(=O)C1c2ccccc2C(=O)N(C2CCCCC2NS(C)(=O)=O)C1c1ccc(F)cc1. The Labute approximate surface area is 199 Å². The van der Waals surface area contributed by atoms with E-state index in [1.54, 1.807) is 48.2 Å². The number of fused-ring (bicyclic) bond motifs is 1. The molecule has 1 amide bonds. The monoisotopic (exact) mass is 488 g/mol. The Morgan fingerprint density at radius 1 is 1.12 bits per heavy atom. The van der Waals surface area contributed by atoms with Crippen LogP contribution in [0.3, 0.4) is 0 Å². The minimum absolute atomic E-state index is 0.170. The predicted molar refractivity (Wildman–Crippen MR) is 125 cm³/mol. The minimum Gasteiger partial charge on any atom is -0.465 e. The molecule has 9 heteroatoms. The summed E-state index contributed by atoms with van der Waals surface area (Å²) < 4.78 is 46.2. The topological polar surface area (TPSA) is 92.8 Å². The molecule has 4 unspecified atom stereocenters. The van der Waals surface area contributed by atoms with Crippen molar-refractivity contribution in [2.45, 2.75) is 56.7 Å². The number of esters is 1. The summed E-state index contributed by atoms with van der Waals surface area (Å²) in [6.07, 6.45) is 3.89. The highest BCUT2D eigenvalue weighted by atomic mass is 32.2. The maximum Gasteiger partial charge on any atom is 0.315 e. The number of sulfonamides is 1. The van der Waals surface area contributed by atoms with E-state index in [0.29, 0.717) is 29.5 Å². The summed E-state index contributed by atoms with van der Waals surface area (Å²) in [6, 6.07) is 10.9. The highest BCUT2D eigenvalue weighted by Gasteiger charge is 2.49. The van der Waals surface area contributed by atoms with Gasteiger partial charge in [0.15, 0.2) is 0 Å². The summed E-state index contributed by atoms with van der Waals surface area (Å²) in [6.45, 7) is 1.89. The van der Waals surface area contributed by atoms with Crippen molar-refractivity contribution in [2.75, 3.05) is 12.9 Å². The van der Waals surface area contributed by atoms with Gasteiger partial charge < -0.3 is 9.64 Å². The second-order valence-corrected chi connectivity index (χ2v) is 10.7. The molecule has 4 rings (SSSR count). The number of hydrogen-bond acceptors (Lipinski definition) is 5. The van der Waals surface area contributed by atoms with Gasteiger partial charge in [-0.1, -0.05) is 43.2 Å². The van der Waals surface area contributed by atoms with Gasteiger partial charge >= 0.3 is 5.97 Å². The van der Waals surface area contributed by atoms with Crippen molar-refractivity contribution in [1.29, 1.82) is 0 Å². The molecule has 0 bridgehead atoms. The summed E-state index contributed by atoms with van der Waals surface area (Å²) in [5.41, 5.74) is 1.54. The van der Waals surface area contributed by atoms with E-state index in [2.05, 4.69) is 4.72 Å². The van der Waals surface area contributed by atoms with Crippen LogP contribution in [0.1, 0.15) is 66.1 Å². The Morgan fingerprint density at radius 2 is 1.79 bits per heavy atom. The zero-order chi connectivity index (χ0) is 24.5. The Morgan fingerprint density at radius 3 is 2.47 bits per heavy atom. The van der Waals surface area contributed by atoms with Crippen LogP contribution in [0, 0.1) is 5.82 Å². The summed E-state index contributed by atoms with van der Waals surface area (Å²) in [5.74, 6) is -2.03. The van der Waals surface area contributed by atoms with Crippen molar-refractivity contribution in [3.8, 4) is 0 Å². The normalized spacial score (nSPS) is 25.0. The van der Waals surface area contributed by atoms with Gasteiger partial charge in [0, 0.05) is 17.6 Å². The molecule has 0 aromatic heterocycles. The number of benzene rings is 2. The van der Waals surface area contributed by atoms with Crippen molar-refractivity contribution >= 4 is 21.9 Å². The van der Waals surface area contributed by atoms with Crippen LogP contribution in [0.2, 0.25) is 0 Å². The molecule has 2 aromatic rings. The fourth-order valence-electron chi connectivity index (χ4n) is 5.27. The van der Waals surface area contributed by atoms with Gasteiger partial charge in [-0.2, -0.15) is 0 Å². The van der Waals surface area contributed by atoms with E-state index in [0.717, 1.165) is 19.1 Å². The van der Waals surface area contributed by atoms with Crippen molar-refractivity contribution in [3.05, 3.63) is 71.0 Å². The zero-order valence-electron chi connectivity index (χ0n) is 19.2. The van der Waals surface area contributed by atoms with Crippen molar-refractivity contribution in [3.63, 3.8) is 0 Å². The average Bonchev–Trinajstić information content (AvgIpc) is 2.79. The number of nitrogens with one attached hydrogen (secondary N) is 1. The largest absolute Gasteiger partial charge is 0.465 e. The van der Waals surface area contributed by atoms with Crippen molar-refractivity contribution in [2.24, 2.45) is 0 Å². The van der Waals surface area contributed by atoms with Gasteiger partial charge in [-0.25, -0.2) is 17.5 Å². The lowest BCUT2D eigenvalue weighted by molar-refractivity contribution is -0.147. The molecule has 2 aliphatic rings. The highest BCUT2D eigenvalue weighted by molar-refractivity contribution is 7.88. The third kappa shape index (κ3) is 4.86. The van der Waals surface area contributed by atoms with E-state index in [4.69, 9.17) is 4.74 Å². The fraction of sp³-hybridized carbons (Fsp3) is 0.440. The van der Waals surface area contributed by atoms with Gasteiger partial charge in [-0.3, -0.25) is 9.59 Å². The molecular formula is C25H29FN2O5S. The van der Waals surface area contributed by atoms with Gasteiger partial charge in [-0.15, -0.1) is 0 Å². The molecular weight excluding hydrogens is 459 g/mol. The number of nitrogens with zero attached hydrogens (tertiary/aromatic N) is 1. The lowest BCUT2D eigenvalue weighted by Gasteiger charge is -2.48. The fourth-order valence-corrected chi connectivity index (χ4v) is 6.10. The summed E-state index contributed by atoms with van der Waals surface area (Å²) in [4.78, 5) is 28.9. The second-order valence-electron chi connectivity index (χ2n) is 8.87. The molecule has 1 heterocycles. The third-order valence-corrected chi connectivity index (χ3v) is 7.31. The van der Waals surface area contributed by atoms with Crippen LogP contribution >= 0.6 is 0 Å². The van der Waals surface area contributed by atoms with E-state index in [-0.39, 0.29) is 12.5 Å². The van der Waals surface area contributed by atoms with E-state index in [1.165, 1.54) is 12.1 Å². The third-order valence-electron chi connectivity index (χ3n) is 6.58. The number of amides is 1. The maximum absolute atomic E-state index is 13.9. The number of carbonyl (C=O) groups excluding carboxylic acids is 2. The smallest absolute Gasteiger partial charge is 0.315 e. The van der Waals surface area contributed by atoms with Gasteiger partial charge in [0.2, 0.25) is 10.0 Å². The molecule has 1 fully saturated rings. The number of hydrogen-bond donors (Lipinski definition) is 1. The molecule has 1 aliphatic carbocycles. The first kappa shape index (κ1) is 24.3. The van der Waals surface area contributed by atoms with Gasteiger partial charge in [-0.05, 0) is 49.1 Å². The van der Waals surface area contributed by atoms with E-state index in [1.807, 2.05) is 0 Å². The molecule has 1 aliphatic heterocycles. The first-order valence-corrected chi connectivity index (χ1v) is 13.4. The Kier molecular flexibility index (Phi) is 7.04. The van der Waals surface area contributed by atoms with Gasteiger partial charge in [0.1, 0.15) is 11.7 Å². The molecule has 1 saturated carbocycles. The van der Waals surface area contributed by atoms with E-state index >= 15 is 0 Å². The first-order valence-electron chi connectivity index (χ1n) is 11.5. The lowest BCUT2D eigenvalue weighted by atomic mass is 9.77. The van der Waals surface area contributed by atoms with Crippen LogP contribution in [0.25, 0.3) is 0 Å². The molecule has 34 heavy (non-hydrogen) atoms. The van der Waals surface area contributed by atoms with Crippen molar-refractivity contribution in [1.82, 2.24) is 9.62 Å². The standard InChI is InChI=1S/C25H29FN2O5S/c1-3-33-25(30)22-18-8-4-5-9-19(18)24(29)28(23(22)16-12-14-17(26)15-13-16)21-11-7-6-10-20(21)27-34(2,31)32/h4-5,8-9,12-15,20-23,27H,3,6-7,10-11H2,1-2H3. The molecule has 7 nitrogen and oxygen atoms in total. The Hall–Kier alpha value is -2.78. The molecule has 0 spiro atoms. The van der Waals surface area contributed by atoms with Crippen LogP contribution in [0.4, 0.5) is 4.39 Å². The molecule has 0 radical (unpaired) electrons. The van der Waals surface area contributed by atoms with Gasteiger partial charge in [0.25, 0.3) is 5.91 Å². The minimum atomic E-state index is -3.53. The second kappa shape index (κ2) is 9.84. The van der Waals surface area contributed by atoms with Crippen molar-refractivity contribution < 1.29 is 27.1 Å². The Balaban J connectivity index is 1.90. The lowest BCUT2D eigenvalue weighted by Crippen LogP contribution is -2.58. The predicted octanol–water partition coefficient (Wildman–Crippen LogP) is 3.53. The number of rotatable bonds is 6. The van der Waals surface area contributed by atoms with Crippen LogP contribution in [0.15, 0.2) is 48.5 Å². The number of halogens is 1. The van der Waals surface area contributed by atoms with E-state index < -0.39 is 45.9 Å². The molecule has 0 saturated heterocycles.